The Labute approximate surface area is 91.6 Å². The number of β-amino-alcohol motifs (C(OH)–C–C–N with tert-alkyl or cyclic N) is 1. The standard InChI is InChI=1S/C11H20N2O2/c1-4-6-7-8-11(3,5-2)13(12-15)9-10-14/h14H,5,7-10H2,1-3H3. The lowest BCUT2D eigenvalue weighted by molar-refractivity contribution is 0.0714. The highest BCUT2D eigenvalue weighted by atomic mass is 16.3. The summed E-state index contributed by atoms with van der Waals surface area (Å²) in [5, 5.41) is 13.2. The summed E-state index contributed by atoms with van der Waals surface area (Å²) >= 11 is 0. The Bertz CT molecular complexity index is 245. The molecular formula is C11H20N2O2. The smallest absolute Gasteiger partial charge is 0.0630 e. The number of hydrogen-bond donors (Lipinski definition) is 1. The van der Waals surface area contributed by atoms with Crippen LogP contribution in [0.4, 0.5) is 0 Å². The third-order valence-electron chi connectivity index (χ3n) is 2.76. The third-order valence-corrected chi connectivity index (χ3v) is 2.76. The van der Waals surface area contributed by atoms with Gasteiger partial charge in [-0.1, -0.05) is 6.92 Å². The highest BCUT2D eigenvalue weighted by molar-refractivity contribution is 4.97. The monoisotopic (exact) mass is 212 g/mol. The molecule has 86 valence electrons. The van der Waals surface area contributed by atoms with Gasteiger partial charge < -0.3 is 5.11 Å². The average Bonchev–Trinajstić information content (AvgIpc) is 2.26. The second-order valence-electron chi connectivity index (χ2n) is 3.71. The van der Waals surface area contributed by atoms with Gasteiger partial charge in [0.25, 0.3) is 0 Å². The molecule has 0 fully saturated rings. The van der Waals surface area contributed by atoms with Crippen LogP contribution in [-0.2, 0) is 0 Å². The number of rotatable bonds is 7. The summed E-state index contributed by atoms with van der Waals surface area (Å²) in [7, 11) is 0. The summed E-state index contributed by atoms with van der Waals surface area (Å²) in [6, 6.07) is 0. The van der Waals surface area contributed by atoms with E-state index >= 15 is 0 Å². The van der Waals surface area contributed by atoms with E-state index in [-0.39, 0.29) is 18.7 Å². The number of nitroso groups, excluding NO2 is 1. The molecule has 0 aromatic rings. The van der Waals surface area contributed by atoms with Gasteiger partial charge in [-0.25, -0.2) is 0 Å². The van der Waals surface area contributed by atoms with Crippen molar-refractivity contribution in [1.82, 2.24) is 5.01 Å². The SMILES string of the molecule is CC#CCCC(C)(CC)N(CCO)N=O. The zero-order valence-electron chi connectivity index (χ0n) is 9.79. The van der Waals surface area contributed by atoms with E-state index in [1.165, 1.54) is 5.01 Å². The molecule has 0 aliphatic carbocycles. The quantitative estimate of drug-likeness (QED) is 0.398. The lowest BCUT2D eigenvalue weighted by Crippen LogP contribution is -2.43. The summed E-state index contributed by atoms with van der Waals surface area (Å²) in [4.78, 5) is 10.7. The van der Waals surface area contributed by atoms with Gasteiger partial charge in [0.05, 0.1) is 24.0 Å². The van der Waals surface area contributed by atoms with E-state index in [0.717, 1.165) is 19.3 Å². The van der Waals surface area contributed by atoms with Gasteiger partial charge in [0, 0.05) is 6.42 Å². The maximum atomic E-state index is 10.7. The molecule has 0 aromatic heterocycles. The van der Waals surface area contributed by atoms with Crippen molar-refractivity contribution in [3.05, 3.63) is 4.91 Å². The summed E-state index contributed by atoms with van der Waals surface area (Å²) in [6.07, 6.45) is 2.35. The Kier molecular flexibility index (Phi) is 6.72. The lowest BCUT2D eigenvalue weighted by atomic mass is 9.92. The van der Waals surface area contributed by atoms with Crippen LogP contribution in [0.2, 0.25) is 0 Å². The Balaban J connectivity index is 4.46. The molecule has 4 heteroatoms. The van der Waals surface area contributed by atoms with Crippen LogP contribution < -0.4 is 0 Å². The molecular weight excluding hydrogens is 192 g/mol. The van der Waals surface area contributed by atoms with E-state index in [1.807, 2.05) is 13.8 Å². The first-order valence-electron chi connectivity index (χ1n) is 5.26. The van der Waals surface area contributed by atoms with Crippen molar-refractivity contribution in [1.29, 1.82) is 0 Å². The van der Waals surface area contributed by atoms with Gasteiger partial charge in [-0.2, -0.15) is 0 Å². The molecule has 0 rings (SSSR count). The zero-order valence-corrected chi connectivity index (χ0v) is 9.79. The fraction of sp³-hybridized carbons (Fsp3) is 0.818. The first-order valence-corrected chi connectivity index (χ1v) is 5.26. The molecule has 0 aliphatic heterocycles. The molecule has 1 N–H and O–H groups in total. The van der Waals surface area contributed by atoms with E-state index in [0.29, 0.717) is 0 Å². The van der Waals surface area contributed by atoms with Gasteiger partial charge in [-0.15, -0.1) is 16.7 Å². The lowest BCUT2D eigenvalue weighted by Gasteiger charge is -2.35. The van der Waals surface area contributed by atoms with Crippen LogP contribution in [0, 0.1) is 16.7 Å². The number of hydrogen-bond acceptors (Lipinski definition) is 3. The van der Waals surface area contributed by atoms with Crippen LogP contribution in [0.15, 0.2) is 5.29 Å². The first-order chi connectivity index (χ1) is 7.14. The van der Waals surface area contributed by atoms with Crippen molar-refractivity contribution >= 4 is 0 Å². The number of aliphatic hydroxyl groups excluding tert-OH is 1. The van der Waals surface area contributed by atoms with Gasteiger partial charge in [0.1, 0.15) is 0 Å². The fourth-order valence-corrected chi connectivity index (χ4v) is 1.45. The van der Waals surface area contributed by atoms with Crippen LogP contribution in [0.3, 0.4) is 0 Å². The van der Waals surface area contributed by atoms with Gasteiger partial charge in [0.15, 0.2) is 0 Å². The van der Waals surface area contributed by atoms with Crippen molar-refractivity contribution in [2.24, 2.45) is 5.29 Å². The number of nitrogens with zero attached hydrogens (tertiary/aromatic N) is 2. The topological polar surface area (TPSA) is 52.9 Å². The van der Waals surface area contributed by atoms with E-state index in [9.17, 15) is 4.91 Å². The Morgan fingerprint density at radius 1 is 1.53 bits per heavy atom. The first kappa shape index (κ1) is 13.9. The normalized spacial score (nSPS) is 13.6. The number of aliphatic hydroxyl groups is 1. The van der Waals surface area contributed by atoms with Gasteiger partial charge >= 0.3 is 0 Å². The molecule has 15 heavy (non-hydrogen) atoms. The molecule has 0 heterocycles. The van der Waals surface area contributed by atoms with Crippen molar-refractivity contribution in [2.75, 3.05) is 13.2 Å². The van der Waals surface area contributed by atoms with Crippen molar-refractivity contribution in [2.45, 2.75) is 45.6 Å². The van der Waals surface area contributed by atoms with Crippen LogP contribution in [0.5, 0.6) is 0 Å². The molecule has 0 bridgehead atoms. The largest absolute Gasteiger partial charge is 0.394 e. The van der Waals surface area contributed by atoms with Gasteiger partial charge in [-0.3, -0.25) is 5.01 Å². The average molecular weight is 212 g/mol. The van der Waals surface area contributed by atoms with Crippen molar-refractivity contribution < 1.29 is 5.11 Å². The van der Waals surface area contributed by atoms with Crippen LogP contribution in [0.1, 0.15) is 40.0 Å². The molecule has 4 nitrogen and oxygen atoms in total. The van der Waals surface area contributed by atoms with E-state index in [2.05, 4.69) is 17.1 Å². The molecule has 0 saturated carbocycles. The minimum atomic E-state index is -0.297. The summed E-state index contributed by atoms with van der Waals surface area (Å²) in [5.41, 5.74) is -0.297. The Hall–Kier alpha value is -1.08. The van der Waals surface area contributed by atoms with Gasteiger partial charge in [0.2, 0.25) is 0 Å². The second kappa shape index (κ2) is 7.24. The van der Waals surface area contributed by atoms with E-state index < -0.39 is 0 Å². The maximum absolute atomic E-state index is 10.7. The minimum Gasteiger partial charge on any atom is -0.394 e. The van der Waals surface area contributed by atoms with Crippen molar-refractivity contribution in [3.8, 4) is 11.8 Å². The molecule has 1 unspecified atom stereocenters. The third kappa shape index (κ3) is 4.30. The highest BCUT2D eigenvalue weighted by Gasteiger charge is 2.29. The minimum absolute atomic E-state index is 0.0548. The Morgan fingerprint density at radius 3 is 2.60 bits per heavy atom. The van der Waals surface area contributed by atoms with E-state index in [4.69, 9.17) is 5.11 Å². The van der Waals surface area contributed by atoms with Crippen LogP contribution in [-0.4, -0.2) is 28.8 Å². The molecule has 0 radical (unpaired) electrons. The van der Waals surface area contributed by atoms with Gasteiger partial charge in [-0.05, 0) is 26.7 Å². The molecule has 0 saturated heterocycles. The van der Waals surface area contributed by atoms with Crippen LogP contribution in [0.25, 0.3) is 0 Å². The second-order valence-corrected chi connectivity index (χ2v) is 3.71. The van der Waals surface area contributed by atoms with Crippen molar-refractivity contribution in [3.63, 3.8) is 0 Å². The molecule has 1 atom stereocenters. The zero-order chi connectivity index (χ0) is 11.7. The summed E-state index contributed by atoms with van der Waals surface area (Å²) in [5.74, 6) is 5.80. The predicted molar refractivity (Wildman–Crippen MR) is 61.0 cm³/mol. The van der Waals surface area contributed by atoms with Crippen LogP contribution >= 0.6 is 0 Å². The predicted octanol–water partition coefficient (Wildman–Crippen LogP) is 1.93. The molecule has 0 spiro atoms. The fourth-order valence-electron chi connectivity index (χ4n) is 1.45. The Morgan fingerprint density at radius 2 is 2.20 bits per heavy atom. The summed E-state index contributed by atoms with van der Waals surface area (Å²) in [6.45, 7) is 6.01. The maximum Gasteiger partial charge on any atom is 0.0630 e. The van der Waals surface area contributed by atoms with E-state index in [1.54, 1.807) is 6.92 Å². The molecule has 0 aromatic carbocycles. The molecule has 0 aliphatic rings. The molecule has 0 amide bonds. The highest BCUT2D eigenvalue weighted by Crippen LogP contribution is 2.24. The summed E-state index contributed by atoms with van der Waals surface area (Å²) < 4.78 is 0.